The highest BCUT2D eigenvalue weighted by Crippen LogP contribution is 2.28. The summed E-state index contributed by atoms with van der Waals surface area (Å²) in [6, 6.07) is 25.1. The Morgan fingerprint density at radius 1 is 0.941 bits per heavy atom. The lowest BCUT2D eigenvalue weighted by Crippen LogP contribution is -2.20. The van der Waals surface area contributed by atoms with E-state index in [0.717, 1.165) is 27.4 Å². The van der Waals surface area contributed by atoms with E-state index in [2.05, 4.69) is 10.7 Å². The first kappa shape index (κ1) is 21.6. The third-order valence-corrected chi connectivity index (χ3v) is 6.25. The predicted molar refractivity (Wildman–Crippen MR) is 136 cm³/mol. The van der Waals surface area contributed by atoms with Crippen LogP contribution in [0.2, 0.25) is 0 Å². The van der Waals surface area contributed by atoms with Crippen molar-refractivity contribution in [3.05, 3.63) is 118 Å². The number of amides is 1. The van der Waals surface area contributed by atoms with Gasteiger partial charge in [0.25, 0.3) is 0 Å². The Morgan fingerprint density at radius 2 is 1.71 bits per heavy atom. The van der Waals surface area contributed by atoms with Crippen LogP contribution in [0.5, 0.6) is 0 Å². The molecule has 0 atom stereocenters. The van der Waals surface area contributed by atoms with Crippen LogP contribution in [-0.4, -0.2) is 10.9 Å². The van der Waals surface area contributed by atoms with Gasteiger partial charge < -0.3 is 9.73 Å². The molecule has 0 aliphatic rings. The second kappa shape index (κ2) is 9.68. The van der Waals surface area contributed by atoms with Crippen molar-refractivity contribution < 1.29 is 9.21 Å². The summed E-state index contributed by atoms with van der Waals surface area (Å²) in [4.78, 5) is 29.5. The Kier molecular flexibility index (Phi) is 6.14. The summed E-state index contributed by atoms with van der Waals surface area (Å²) >= 11 is 1.60. The molecule has 5 nitrogen and oxygen atoms in total. The molecule has 0 aliphatic heterocycles. The maximum Gasteiger partial charge on any atom is 0.244 e. The SMILES string of the molecule is O=C(/C=C/c1coc2ccccc2c1=O)NCc1ccc(-c2nc(-c3ccccc3)cs2)cc1. The zero-order valence-electron chi connectivity index (χ0n) is 18.1. The fourth-order valence-electron chi connectivity index (χ4n) is 3.53. The van der Waals surface area contributed by atoms with Gasteiger partial charge in [-0.1, -0.05) is 66.7 Å². The van der Waals surface area contributed by atoms with Gasteiger partial charge in [-0.15, -0.1) is 11.3 Å². The van der Waals surface area contributed by atoms with Crippen LogP contribution in [0.15, 0.2) is 106 Å². The number of carbonyl (C=O) groups excluding carboxylic acids is 1. The van der Waals surface area contributed by atoms with Crippen molar-refractivity contribution in [1.82, 2.24) is 10.3 Å². The number of para-hydroxylation sites is 1. The van der Waals surface area contributed by atoms with Gasteiger partial charge in [0.2, 0.25) is 5.91 Å². The van der Waals surface area contributed by atoms with Crippen LogP contribution in [0.25, 0.3) is 38.9 Å². The zero-order chi connectivity index (χ0) is 23.3. The van der Waals surface area contributed by atoms with Crippen LogP contribution in [-0.2, 0) is 11.3 Å². The Hall–Kier alpha value is -4.29. The summed E-state index contributed by atoms with van der Waals surface area (Å²) in [7, 11) is 0. The van der Waals surface area contributed by atoms with E-state index in [9.17, 15) is 9.59 Å². The summed E-state index contributed by atoms with van der Waals surface area (Å²) in [6.07, 6.45) is 4.19. The van der Waals surface area contributed by atoms with E-state index < -0.39 is 0 Å². The first-order chi connectivity index (χ1) is 16.7. The molecular weight excluding hydrogens is 444 g/mol. The molecule has 0 bridgehead atoms. The molecule has 1 N–H and O–H groups in total. The Labute approximate surface area is 200 Å². The molecule has 0 unspecified atom stereocenters. The molecule has 5 aromatic rings. The lowest BCUT2D eigenvalue weighted by molar-refractivity contribution is -0.116. The molecule has 6 heteroatoms. The Balaban J connectivity index is 1.21. The lowest BCUT2D eigenvalue weighted by Gasteiger charge is -2.04. The fourth-order valence-corrected chi connectivity index (χ4v) is 4.37. The van der Waals surface area contributed by atoms with Gasteiger partial charge in [-0.3, -0.25) is 9.59 Å². The topological polar surface area (TPSA) is 72.2 Å². The van der Waals surface area contributed by atoms with E-state index in [1.165, 1.54) is 18.4 Å². The third-order valence-electron chi connectivity index (χ3n) is 5.36. The predicted octanol–water partition coefficient (Wildman–Crippen LogP) is 5.91. The highest BCUT2D eigenvalue weighted by Gasteiger charge is 2.07. The van der Waals surface area contributed by atoms with Crippen LogP contribution in [0.1, 0.15) is 11.1 Å². The monoisotopic (exact) mass is 464 g/mol. The molecule has 0 radical (unpaired) electrons. The van der Waals surface area contributed by atoms with E-state index in [4.69, 9.17) is 9.40 Å². The second-order valence-electron chi connectivity index (χ2n) is 7.67. The summed E-state index contributed by atoms with van der Waals surface area (Å²) in [5.74, 6) is -0.288. The lowest BCUT2D eigenvalue weighted by atomic mass is 10.1. The first-order valence-corrected chi connectivity index (χ1v) is 11.6. The Bertz CT molecular complexity index is 1530. The average molecular weight is 465 g/mol. The van der Waals surface area contributed by atoms with Gasteiger partial charge in [0.1, 0.15) is 16.9 Å². The molecule has 5 rings (SSSR count). The molecule has 2 heterocycles. The van der Waals surface area contributed by atoms with E-state index in [1.54, 1.807) is 35.6 Å². The van der Waals surface area contributed by atoms with Crippen molar-refractivity contribution >= 4 is 34.3 Å². The van der Waals surface area contributed by atoms with Crippen molar-refractivity contribution in [3.8, 4) is 21.8 Å². The minimum absolute atomic E-state index is 0.168. The molecule has 0 saturated heterocycles. The van der Waals surface area contributed by atoms with Gasteiger partial charge in [-0.25, -0.2) is 4.98 Å². The van der Waals surface area contributed by atoms with E-state index in [1.807, 2.05) is 54.6 Å². The molecule has 34 heavy (non-hydrogen) atoms. The maximum atomic E-state index is 12.5. The summed E-state index contributed by atoms with van der Waals surface area (Å²) in [5.41, 5.74) is 4.74. The van der Waals surface area contributed by atoms with E-state index in [0.29, 0.717) is 23.1 Å². The Morgan fingerprint density at radius 3 is 2.53 bits per heavy atom. The first-order valence-electron chi connectivity index (χ1n) is 10.7. The van der Waals surface area contributed by atoms with Crippen LogP contribution in [0, 0.1) is 0 Å². The molecule has 0 saturated carbocycles. The largest absolute Gasteiger partial charge is 0.463 e. The standard InChI is InChI=1S/C28H20N2O3S/c31-26(15-14-22-17-33-25-9-5-4-8-23(25)27(22)32)29-16-19-10-12-21(13-11-19)28-30-24(18-34-28)20-6-2-1-3-7-20/h1-15,17-18H,16H2,(H,29,31)/b15-14+. The molecule has 3 aromatic carbocycles. The van der Waals surface area contributed by atoms with Crippen LogP contribution < -0.4 is 10.7 Å². The number of aromatic nitrogens is 1. The smallest absolute Gasteiger partial charge is 0.244 e. The summed E-state index contributed by atoms with van der Waals surface area (Å²) in [5, 5.41) is 6.33. The van der Waals surface area contributed by atoms with Crippen molar-refractivity contribution in [2.24, 2.45) is 0 Å². The van der Waals surface area contributed by atoms with Gasteiger partial charge in [-0.05, 0) is 23.8 Å². The molecule has 0 spiro atoms. The highest BCUT2D eigenvalue weighted by atomic mass is 32.1. The molecular formula is C28H20N2O3S. The van der Waals surface area contributed by atoms with Crippen molar-refractivity contribution in [3.63, 3.8) is 0 Å². The van der Waals surface area contributed by atoms with Gasteiger partial charge in [0.15, 0.2) is 5.43 Å². The van der Waals surface area contributed by atoms with Crippen molar-refractivity contribution in [1.29, 1.82) is 0 Å². The van der Waals surface area contributed by atoms with E-state index >= 15 is 0 Å². The van der Waals surface area contributed by atoms with Gasteiger partial charge in [0.05, 0.1) is 16.6 Å². The normalized spacial score (nSPS) is 11.2. The molecule has 2 aromatic heterocycles. The zero-order valence-corrected chi connectivity index (χ0v) is 18.9. The number of hydrogen-bond donors (Lipinski definition) is 1. The van der Waals surface area contributed by atoms with Crippen molar-refractivity contribution in [2.75, 3.05) is 0 Å². The number of thiazole rings is 1. The quantitative estimate of drug-likeness (QED) is 0.317. The summed E-state index contributed by atoms with van der Waals surface area (Å²) < 4.78 is 5.47. The second-order valence-corrected chi connectivity index (χ2v) is 8.53. The highest BCUT2D eigenvalue weighted by molar-refractivity contribution is 7.13. The minimum atomic E-state index is -0.288. The van der Waals surface area contributed by atoms with Crippen LogP contribution in [0.3, 0.4) is 0 Å². The molecule has 0 aliphatic carbocycles. The third kappa shape index (κ3) is 4.72. The van der Waals surface area contributed by atoms with Gasteiger partial charge in [0, 0.05) is 29.1 Å². The average Bonchev–Trinajstić information content (AvgIpc) is 3.38. The van der Waals surface area contributed by atoms with Gasteiger partial charge in [-0.2, -0.15) is 0 Å². The number of fused-ring (bicyclic) bond motifs is 1. The van der Waals surface area contributed by atoms with E-state index in [-0.39, 0.29) is 11.3 Å². The maximum absolute atomic E-state index is 12.5. The van der Waals surface area contributed by atoms with Gasteiger partial charge >= 0.3 is 0 Å². The summed E-state index contributed by atoms with van der Waals surface area (Å²) in [6.45, 7) is 0.378. The molecule has 0 fully saturated rings. The van der Waals surface area contributed by atoms with Crippen LogP contribution >= 0.6 is 11.3 Å². The molecule has 166 valence electrons. The number of nitrogens with zero attached hydrogens (tertiary/aromatic N) is 1. The van der Waals surface area contributed by atoms with Crippen molar-refractivity contribution in [2.45, 2.75) is 6.54 Å². The number of hydrogen-bond acceptors (Lipinski definition) is 5. The molecule has 1 amide bonds. The number of carbonyl (C=O) groups is 1. The number of rotatable bonds is 6. The fraction of sp³-hybridized carbons (Fsp3) is 0.0357. The minimum Gasteiger partial charge on any atom is -0.463 e. The van der Waals surface area contributed by atoms with Crippen LogP contribution in [0.4, 0.5) is 0 Å². The number of benzene rings is 3. The number of nitrogens with one attached hydrogen (secondary N) is 1.